The number of ether oxygens (including phenoxy) is 1. The number of nitrogens with zero attached hydrogens (tertiary/aromatic N) is 5. The highest BCUT2D eigenvalue weighted by atomic mass is 32.2. The van der Waals surface area contributed by atoms with Crippen LogP contribution in [-0.4, -0.2) is 51.4 Å². The van der Waals surface area contributed by atoms with E-state index < -0.39 is 10.0 Å². The van der Waals surface area contributed by atoms with E-state index in [2.05, 4.69) is 15.0 Å². The molecule has 1 aliphatic heterocycles. The molecule has 1 saturated heterocycles. The summed E-state index contributed by atoms with van der Waals surface area (Å²) in [5, 5.41) is 0.0800. The summed E-state index contributed by atoms with van der Waals surface area (Å²) < 4.78 is 34.5. The van der Waals surface area contributed by atoms with Crippen molar-refractivity contribution in [2.24, 2.45) is 0 Å². The third kappa shape index (κ3) is 3.57. The van der Waals surface area contributed by atoms with Gasteiger partial charge in [-0.05, 0) is 26.7 Å². The maximum absolute atomic E-state index is 12.8. The molecule has 24 heavy (non-hydrogen) atoms. The van der Waals surface area contributed by atoms with E-state index in [9.17, 15) is 8.42 Å². The van der Waals surface area contributed by atoms with Gasteiger partial charge in [-0.25, -0.2) is 18.4 Å². The molecule has 2 aromatic heterocycles. The van der Waals surface area contributed by atoms with Crippen molar-refractivity contribution in [3.05, 3.63) is 31.1 Å². The number of aromatic nitrogens is 4. The van der Waals surface area contributed by atoms with E-state index in [-0.39, 0.29) is 23.7 Å². The SMILES string of the molecule is CC(C)n1cnc(S(=O)(=O)N2CCCC(Oc3cnccn3)C2)c1. The van der Waals surface area contributed by atoms with Crippen LogP contribution in [0.2, 0.25) is 0 Å². The lowest BCUT2D eigenvalue weighted by molar-refractivity contribution is 0.124. The smallest absolute Gasteiger partial charge is 0.262 e. The molecule has 0 radical (unpaired) electrons. The summed E-state index contributed by atoms with van der Waals surface area (Å²) in [6.07, 6.45) is 9.04. The maximum Gasteiger partial charge on any atom is 0.262 e. The van der Waals surface area contributed by atoms with Crippen molar-refractivity contribution in [3.8, 4) is 5.88 Å². The van der Waals surface area contributed by atoms with Gasteiger partial charge < -0.3 is 9.30 Å². The van der Waals surface area contributed by atoms with Crippen molar-refractivity contribution in [2.75, 3.05) is 13.1 Å². The van der Waals surface area contributed by atoms with Crippen molar-refractivity contribution >= 4 is 10.0 Å². The van der Waals surface area contributed by atoms with Crippen molar-refractivity contribution < 1.29 is 13.2 Å². The molecule has 1 fully saturated rings. The molecule has 0 amide bonds. The van der Waals surface area contributed by atoms with Gasteiger partial charge in [-0.15, -0.1) is 0 Å². The van der Waals surface area contributed by atoms with Gasteiger partial charge >= 0.3 is 0 Å². The van der Waals surface area contributed by atoms with Gasteiger partial charge in [0.15, 0.2) is 5.03 Å². The largest absolute Gasteiger partial charge is 0.472 e. The summed E-state index contributed by atoms with van der Waals surface area (Å²) in [6.45, 7) is 4.71. The van der Waals surface area contributed by atoms with Crippen molar-refractivity contribution in [1.82, 2.24) is 23.8 Å². The van der Waals surface area contributed by atoms with Crippen molar-refractivity contribution in [2.45, 2.75) is 43.9 Å². The second-order valence-electron chi connectivity index (χ2n) is 6.04. The van der Waals surface area contributed by atoms with Gasteiger partial charge in [-0.3, -0.25) is 4.98 Å². The molecule has 2 aromatic rings. The minimum Gasteiger partial charge on any atom is -0.472 e. The molecule has 1 aliphatic rings. The Labute approximate surface area is 141 Å². The van der Waals surface area contributed by atoms with Crippen LogP contribution in [0.5, 0.6) is 5.88 Å². The van der Waals surface area contributed by atoms with Crippen LogP contribution in [0.1, 0.15) is 32.7 Å². The minimum absolute atomic E-state index is 0.0800. The Bertz CT molecular complexity index is 775. The molecule has 0 aromatic carbocycles. The standard InChI is InChI=1S/C15H21N5O3S/c1-12(2)19-10-15(18-11-19)24(21,22)20-7-3-4-13(9-20)23-14-8-16-5-6-17-14/h5-6,8,10-13H,3-4,7,9H2,1-2H3. The van der Waals surface area contributed by atoms with E-state index >= 15 is 0 Å². The second-order valence-corrected chi connectivity index (χ2v) is 7.93. The quantitative estimate of drug-likeness (QED) is 0.810. The molecule has 0 bridgehead atoms. The fraction of sp³-hybridized carbons (Fsp3) is 0.533. The van der Waals surface area contributed by atoms with Gasteiger partial charge in [0.1, 0.15) is 6.10 Å². The number of hydrogen-bond donors (Lipinski definition) is 0. The molecule has 8 nitrogen and oxygen atoms in total. The first-order valence-electron chi connectivity index (χ1n) is 7.93. The molecule has 0 spiro atoms. The molecule has 3 heterocycles. The van der Waals surface area contributed by atoms with Gasteiger partial charge in [0.05, 0.1) is 19.1 Å². The fourth-order valence-electron chi connectivity index (χ4n) is 2.60. The monoisotopic (exact) mass is 351 g/mol. The maximum atomic E-state index is 12.8. The average molecular weight is 351 g/mol. The molecule has 3 rings (SSSR count). The highest BCUT2D eigenvalue weighted by molar-refractivity contribution is 7.89. The number of piperidine rings is 1. The van der Waals surface area contributed by atoms with Crippen molar-refractivity contribution in [1.29, 1.82) is 0 Å². The van der Waals surface area contributed by atoms with Crippen LogP contribution >= 0.6 is 0 Å². The topological polar surface area (TPSA) is 90.2 Å². The van der Waals surface area contributed by atoms with Gasteiger partial charge in [-0.2, -0.15) is 4.31 Å². The normalized spacial score (nSPS) is 19.5. The molecule has 1 unspecified atom stereocenters. The van der Waals surface area contributed by atoms with E-state index in [0.717, 1.165) is 12.8 Å². The van der Waals surface area contributed by atoms with Gasteiger partial charge in [0.2, 0.25) is 5.88 Å². The van der Waals surface area contributed by atoms with Crippen LogP contribution < -0.4 is 4.74 Å². The van der Waals surface area contributed by atoms with E-state index in [1.165, 1.54) is 10.5 Å². The first kappa shape index (κ1) is 16.8. The summed E-state index contributed by atoms with van der Waals surface area (Å²) in [4.78, 5) is 12.1. The predicted octanol–water partition coefficient (Wildman–Crippen LogP) is 1.49. The van der Waals surface area contributed by atoms with Crippen molar-refractivity contribution in [3.63, 3.8) is 0 Å². The molecule has 130 valence electrons. The lowest BCUT2D eigenvalue weighted by Gasteiger charge is -2.31. The van der Waals surface area contributed by atoms with Crippen LogP contribution in [0.4, 0.5) is 0 Å². The summed E-state index contributed by atoms with van der Waals surface area (Å²) in [6, 6.07) is 0.163. The summed E-state index contributed by atoms with van der Waals surface area (Å²) >= 11 is 0. The third-order valence-electron chi connectivity index (χ3n) is 3.95. The lowest BCUT2D eigenvalue weighted by Crippen LogP contribution is -2.44. The fourth-order valence-corrected chi connectivity index (χ4v) is 4.03. The Morgan fingerprint density at radius 3 is 2.79 bits per heavy atom. The van der Waals surface area contributed by atoms with Crippen LogP contribution in [0.25, 0.3) is 0 Å². The molecule has 0 aliphatic carbocycles. The third-order valence-corrected chi connectivity index (χ3v) is 5.70. The second kappa shape index (κ2) is 6.86. The van der Waals surface area contributed by atoms with Crippen LogP contribution in [0.3, 0.4) is 0 Å². The zero-order chi connectivity index (χ0) is 17.2. The molecule has 0 N–H and O–H groups in total. The Morgan fingerprint density at radius 2 is 2.12 bits per heavy atom. The van der Waals surface area contributed by atoms with E-state index in [1.807, 2.05) is 13.8 Å². The lowest BCUT2D eigenvalue weighted by atomic mass is 10.1. The number of hydrogen-bond acceptors (Lipinski definition) is 6. The molecule has 0 saturated carbocycles. The molecular weight excluding hydrogens is 330 g/mol. The van der Waals surface area contributed by atoms with Gasteiger partial charge in [0.25, 0.3) is 10.0 Å². The Morgan fingerprint density at radius 1 is 1.29 bits per heavy atom. The zero-order valence-corrected chi connectivity index (χ0v) is 14.6. The summed E-state index contributed by atoms with van der Waals surface area (Å²) in [5.41, 5.74) is 0. The van der Waals surface area contributed by atoms with E-state index in [1.54, 1.807) is 29.5 Å². The Hall–Kier alpha value is -2.00. The number of imidazole rings is 1. The van der Waals surface area contributed by atoms with Gasteiger partial charge in [0, 0.05) is 31.2 Å². The van der Waals surface area contributed by atoms with E-state index in [4.69, 9.17) is 4.74 Å². The van der Waals surface area contributed by atoms with E-state index in [0.29, 0.717) is 12.4 Å². The summed E-state index contributed by atoms with van der Waals surface area (Å²) in [7, 11) is -3.61. The predicted molar refractivity (Wildman–Crippen MR) is 87.1 cm³/mol. The molecular formula is C15H21N5O3S. The highest BCUT2D eigenvalue weighted by Gasteiger charge is 2.33. The minimum atomic E-state index is -3.61. The highest BCUT2D eigenvalue weighted by Crippen LogP contribution is 2.22. The molecule has 9 heteroatoms. The average Bonchev–Trinajstić information content (AvgIpc) is 3.07. The first-order chi connectivity index (χ1) is 11.5. The zero-order valence-electron chi connectivity index (χ0n) is 13.7. The van der Waals surface area contributed by atoms with Crippen LogP contribution in [0.15, 0.2) is 36.1 Å². The first-order valence-corrected chi connectivity index (χ1v) is 9.37. The van der Waals surface area contributed by atoms with Crippen LogP contribution in [-0.2, 0) is 10.0 Å². The van der Waals surface area contributed by atoms with Gasteiger partial charge in [-0.1, -0.05) is 0 Å². The Balaban J connectivity index is 1.73. The number of sulfonamides is 1. The summed E-state index contributed by atoms with van der Waals surface area (Å²) in [5.74, 6) is 0.408. The van der Waals surface area contributed by atoms with Crippen LogP contribution in [0, 0.1) is 0 Å². The number of rotatable bonds is 5. The molecule has 1 atom stereocenters. The Kier molecular flexibility index (Phi) is 4.81.